The van der Waals surface area contributed by atoms with Crippen molar-refractivity contribution in [1.29, 1.82) is 0 Å². The van der Waals surface area contributed by atoms with Crippen LogP contribution in [0.2, 0.25) is 0 Å². The Morgan fingerprint density at radius 3 is 2.88 bits per heavy atom. The summed E-state index contributed by atoms with van der Waals surface area (Å²) in [5, 5.41) is 2.82. The van der Waals surface area contributed by atoms with Crippen molar-refractivity contribution in [1.82, 2.24) is 5.32 Å². The molecule has 3 heteroatoms. The Labute approximate surface area is 102 Å². The predicted molar refractivity (Wildman–Crippen MR) is 69.9 cm³/mol. The number of benzene rings is 1. The Balaban J connectivity index is 2.54. The van der Waals surface area contributed by atoms with Gasteiger partial charge in [-0.1, -0.05) is 26.0 Å². The first kappa shape index (κ1) is 13.3. The van der Waals surface area contributed by atoms with Crippen LogP contribution in [0.15, 0.2) is 30.3 Å². The molecule has 0 spiro atoms. The van der Waals surface area contributed by atoms with Crippen molar-refractivity contribution in [2.75, 3.05) is 13.7 Å². The molecule has 92 valence electrons. The van der Waals surface area contributed by atoms with Crippen molar-refractivity contribution >= 4 is 12.0 Å². The summed E-state index contributed by atoms with van der Waals surface area (Å²) in [4.78, 5) is 11.4. The molecule has 1 aromatic rings. The van der Waals surface area contributed by atoms with Gasteiger partial charge in [0.2, 0.25) is 5.91 Å². The summed E-state index contributed by atoms with van der Waals surface area (Å²) in [6.45, 7) is 4.82. The lowest BCUT2D eigenvalue weighted by molar-refractivity contribution is -0.116. The van der Waals surface area contributed by atoms with Gasteiger partial charge in [-0.25, -0.2) is 0 Å². The molecule has 0 heterocycles. The Morgan fingerprint density at radius 1 is 1.47 bits per heavy atom. The van der Waals surface area contributed by atoms with Crippen LogP contribution in [-0.4, -0.2) is 19.6 Å². The van der Waals surface area contributed by atoms with Crippen molar-refractivity contribution in [3.05, 3.63) is 35.9 Å². The van der Waals surface area contributed by atoms with Gasteiger partial charge in [-0.3, -0.25) is 4.79 Å². The zero-order chi connectivity index (χ0) is 12.7. The lowest BCUT2D eigenvalue weighted by Crippen LogP contribution is -2.25. The largest absolute Gasteiger partial charge is 0.497 e. The molecule has 0 fully saturated rings. The van der Waals surface area contributed by atoms with Crippen LogP contribution in [0.4, 0.5) is 0 Å². The summed E-state index contributed by atoms with van der Waals surface area (Å²) in [6.07, 6.45) is 3.31. The predicted octanol–water partition coefficient (Wildman–Crippen LogP) is 2.48. The fourth-order valence-corrected chi connectivity index (χ4v) is 1.28. The fourth-order valence-electron chi connectivity index (χ4n) is 1.28. The van der Waals surface area contributed by atoms with Crippen molar-refractivity contribution < 1.29 is 9.53 Å². The van der Waals surface area contributed by atoms with E-state index in [4.69, 9.17) is 4.74 Å². The molecular weight excluding hydrogens is 214 g/mol. The maximum Gasteiger partial charge on any atom is 0.244 e. The number of amides is 1. The summed E-state index contributed by atoms with van der Waals surface area (Å²) in [7, 11) is 1.62. The molecule has 0 aliphatic carbocycles. The minimum absolute atomic E-state index is 0.0680. The van der Waals surface area contributed by atoms with Gasteiger partial charge in [-0.15, -0.1) is 0 Å². The highest BCUT2D eigenvalue weighted by Gasteiger charge is 1.97. The molecule has 0 unspecified atom stereocenters. The molecule has 0 bridgehead atoms. The van der Waals surface area contributed by atoms with Gasteiger partial charge >= 0.3 is 0 Å². The van der Waals surface area contributed by atoms with Crippen molar-refractivity contribution in [2.24, 2.45) is 5.92 Å². The highest BCUT2D eigenvalue weighted by atomic mass is 16.5. The van der Waals surface area contributed by atoms with Gasteiger partial charge in [0.25, 0.3) is 0 Å². The molecule has 17 heavy (non-hydrogen) atoms. The summed E-state index contributed by atoms with van der Waals surface area (Å²) < 4.78 is 5.11. The van der Waals surface area contributed by atoms with E-state index in [9.17, 15) is 4.79 Å². The van der Waals surface area contributed by atoms with E-state index < -0.39 is 0 Å². The maximum absolute atomic E-state index is 11.4. The smallest absolute Gasteiger partial charge is 0.244 e. The Morgan fingerprint density at radius 2 is 2.24 bits per heavy atom. The number of rotatable bonds is 5. The molecular formula is C14H19NO2. The fraction of sp³-hybridized carbons (Fsp3) is 0.357. The molecule has 0 atom stereocenters. The van der Waals surface area contributed by atoms with Gasteiger partial charge in [0.1, 0.15) is 5.75 Å². The molecule has 1 amide bonds. The number of methoxy groups -OCH3 is 1. The average Bonchev–Trinajstić information content (AvgIpc) is 2.34. The summed E-state index contributed by atoms with van der Waals surface area (Å²) in [5.41, 5.74) is 0.948. The van der Waals surface area contributed by atoms with E-state index in [1.54, 1.807) is 13.2 Å². The van der Waals surface area contributed by atoms with Crippen molar-refractivity contribution in [3.63, 3.8) is 0 Å². The number of carbonyl (C=O) groups is 1. The number of hydrogen-bond donors (Lipinski definition) is 1. The Hall–Kier alpha value is -1.77. The number of carbonyl (C=O) groups excluding carboxylic acids is 1. The normalized spacial score (nSPS) is 10.8. The van der Waals surface area contributed by atoms with Crippen LogP contribution in [0.25, 0.3) is 6.08 Å². The van der Waals surface area contributed by atoms with Crippen LogP contribution in [0.1, 0.15) is 19.4 Å². The minimum atomic E-state index is -0.0680. The SMILES string of the molecule is COc1cccc(C=CC(=O)NCC(C)C)c1. The van der Waals surface area contributed by atoms with E-state index in [0.717, 1.165) is 11.3 Å². The van der Waals surface area contributed by atoms with Gasteiger partial charge in [0, 0.05) is 12.6 Å². The number of nitrogens with one attached hydrogen (secondary N) is 1. The van der Waals surface area contributed by atoms with Crippen LogP contribution in [0, 0.1) is 5.92 Å². The van der Waals surface area contributed by atoms with Crippen molar-refractivity contribution in [3.8, 4) is 5.75 Å². The highest BCUT2D eigenvalue weighted by molar-refractivity contribution is 5.91. The molecule has 0 aliphatic heterocycles. The first-order chi connectivity index (χ1) is 8.11. The zero-order valence-electron chi connectivity index (χ0n) is 10.6. The molecule has 0 radical (unpaired) electrons. The topological polar surface area (TPSA) is 38.3 Å². The number of ether oxygens (including phenoxy) is 1. The van der Waals surface area contributed by atoms with E-state index in [1.807, 2.05) is 24.3 Å². The van der Waals surface area contributed by atoms with Gasteiger partial charge in [-0.05, 0) is 29.7 Å². The first-order valence-corrected chi connectivity index (χ1v) is 5.72. The maximum atomic E-state index is 11.4. The van der Waals surface area contributed by atoms with E-state index in [0.29, 0.717) is 12.5 Å². The summed E-state index contributed by atoms with van der Waals surface area (Å²) >= 11 is 0. The second-order valence-electron chi connectivity index (χ2n) is 4.25. The van der Waals surface area contributed by atoms with E-state index in [1.165, 1.54) is 6.08 Å². The first-order valence-electron chi connectivity index (χ1n) is 5.72. The number of hydrogen-bond acceptors (Lipinski definition) is 2. The Kier molecular flexibility index (Phi) is 5.27. The zero-order valence-corrected chi connectivity index (χ0v) is 10.6. The van der Waals surface area contributed by atoms with Gasteiger partial charge < -0.3 is 10.1 Å². The van der Waals surface area contributed by atoms with E-state index in [-0.39, 0.29) is 5.91 Å². The van der Waals surface area contributed by atoms with Gasteiger partial charge in [0.15, 0.2) is 0 Å². The third kappa shape index (κ3) is 5.20. The van der Waals surface area contributed by atoms with Gasteiger partial charge in [0.05, 0.1) is 7.11 Å². The molecule has 0 saturated heterocycles. The lowest BCUT2D eigenvalue weighted by Gasteiger charge is -2.04. The second kappa shape index (κ2) is 6.74. The third-order valence-corrected chi connectivity index (χ3v) is 2.21. The van der Waals surface area contributed by atoms with E-state index >= 15 is 0 Å². The monoisotopic (exact) mass is 233 g/mol. The molecule has 1 aromatic carbocycles. The lowest BCUT2D eigenvalue weighted by atomic mass is 10.2. The molecule has 0 aromatic heterocycles. The van der Waals surface area contributed by atoms with Crippen LogP contribution >= 0.6 is 0 Å². The quantitative estimate of drug-likeness (QED) is 0.793. The third-order valence-electron chi connectivity index (χ3n) is 2.21. The van der Waals surface area contributed by atoms with Gasteiger partial charge in [-0.2, -0.15) is 0 Å². The molecule has 0 saturated carbocycles. The molecule has 1 N–H and O–H groups in total. The second-order valence-corrected chi connectivity index (χ2v) is 4.25. The molecule has 0 aliphatic rings. The minimum Gasteiger partial charge on any atom is -0.497 e. The highest BCUT2D eigenvalue weighted by Crippen LogP contribution is 2.13. The summed E-state index contributed by atoms with van der Waals surface area (Å²) in [5.74, 6) is 1.18. The van der Waals surface area contributed by atoms with E-state index in [2.05, 4.69) is 19.2 Å². The van der Waals surface area contributed by atoms with Crippen LogP contribution in [0.5, 0.6) is 5.75 Å². The molecule has 1 rings (SSSR count). The average molecular weight is 233 g/mol. The molecule has 3 nitrogen and oxygen atoms in total. The van der Waals surface area contributed by atoms with Crippen LogP contribution < -0.4 is 10.1 Å². The standard InChI is InChI=1S/C14H19NO2/c1-11(2)10-15-14(16)8-7-12-5-4-6-13(9-12)17-3/h4-9,11H,10H2,1-3H3,(H,15,16). The Bertz CT molecular complexity index is 397. The van der Waals surface area contributed by atoms with Crippen LogP contribution in [0.3, 0.4) is 0 Å². The summed E-state index contributed by atoms with van der Waals surface area (Å²) in [6, 6.07) is 7.57. The van der Waals surface area contributed by atoms with Crippen molar-refractivity contribution in [2.45, 2.75) is 13.8 Å². The van der Waals surface area contributed by atoms with Crippen LogP contribution in [-0.2, 0) is 4.79 Å².